The minimum Gasteiger partial charge on any atom is -0.486 e. The summed E-state index contributed by atoms with van der Waals surface area (Å²) in [6.07, 6.45) is 1.18. The average molecular weight is 400 g/mol. The summed E-state index contributed by atoms with van der Waals surface area (Å²) in [6, 6.07) is 12.4. The van der Waals surface area contributed by atoms with E-state index in [0.29, 0.717) is 19.1 Å². The van der Waals surface area contributed by atoms with Crippen molar-refractivity contribution in [3.8, 4) is 11.5 Å². The molecule has 0 saturated carbocycles. The molecule has 0 amide bonds. The Hall–Kier alpha value is -2.11. The Balaban J connectivity index is 1.17. The molecule has 1 saturated heterocycles. The molecule has 1 unspecified atom stereocenters. The van der Waals surface area contributed by atoms with Crippen molar-refractivity contribution in [3.05, 3.63) is 47.0 Å². The molecule has 0 spiro atoms. The van der Waals surface area contributed by atoms with Gasteiger partial charge in [-0.3, -0.25) is 4.90 Å². The lowest BCUT2D eigenvalue weighted by atomic mass is 9.97. The number of anilines is 2. The number of ether oxygens (including phenoxy) is 2. The van der Waals surface area contributed by atoms with Crippen molar-refractivity contribution in [2.45, 2.75) is 12.3 Å². The first-order valence-electron chi connectivity index (χ1n) is 10.2. The summed E-state index contributed by atoms with van der Waals surface area (Å²) in [5.41, 5.74) is 3.79. The average Bonchev–Trinajstić information content (AvgIpc) is 3.14. The standard InChI is InChI=1S/C22H26ClN3O2/c23-17-4-5-18-16(15-24-19(18)14-17)6-7-25-8-10-26(11-9-25)20-2-1-3-21-22(20)28-13-12-27-21/h1-5,14,16,24H,6-13,15H2. The zero-order chi connectivity index (χ0) is 18.9. The fourth-order valence-corrected chi connectivity index (χ4v) is 4.67. The summed E-state index contributed by atoms with van der Waals surface area (Å²) in [4.78, 5) is 5.01. The number of rotatable bonds is 4. The van der Waals surface area contributed by atoms with Crippen LogP contribution in [0.25, 0.3) is 0 Å². The Labute approximate surface area is 171 Å². The molecule has 0 radical (unpaired) electrons. The second-order valence-corrected chi connectivity index (χ2v) is 8.16. The normalized spacial score (nSPS) is 21.3. The minimum atomic E-state index is 0.581. The summed E-state index contributed by atoms with van der Waals surface area (Å²) >= 11 is 6.11. The third kappa shape index (κ3) is 3.49. The molecule has 6 heteroatoms. The van der Waals surface area contributed by atoms with Gasteiger partial charge in [0.1, 0.15) is 13.2 Å². The van der Waals surface area contributed by atoms with Crippen molar-refractivity contribution in [3.63, 3.8) is 0 Å². The first kappa shape index (κ1) is 18.0. The monoisotopic (exact) mass is 399 g/mol. The highest BCUT2D eigenvalue weighted by atomic mass is 35.5. The van der Waals surface area contributed by atoms with Gasteiger partial charge in [-0.2, -0.15) is 0 Å². The summed E-state index contributed by atoms with van der Waals surface area (Å²) < 4.78 is 11.6. The van der Waals surface area contributed by atoms with Gasteiger partial charge in [-0.05, 0) is 42.8 Å². The first-order valence-corrected chi connectivity index (χ1v) is 10.5. The van der Waals surface area contributed by atoms with Crippen LogP contribution < -0.4 is 19.7 Å². The van der Waals surface area contributed by atoms with Crippen molar-refractivity contribution in [2.75, 3.05) is 62.7 Å². The molecule has 3 aliphatic heterocycles. The Morgan fingerprint density at radius 1 is 1.04 bits per heavy atom. The molecule has 148 valence electrons. The maximum absolute atomic E-state index is 6.11. The third-order valence-corrected chi connectivity index (χ3v) is 6.28. The summed E-state index contributed by atoms with van der Waals surface area (Å²) in [5, 5.41) is 4.31. The van der Waals surface area contributed by atoms with Crippen LogP contribution in [-0.2, 0) is 0 Å². The highest BCUT2D eigenvalue weighted by Gasteiger charge is 2.26. The number of hydrogen-bond donors (Lipinski definition) is 1. The number of fused-ring (bicyclic) bond motifs is 2. The number of nitrogens with zero attached hydrogens (tertiary/aromatic N) is 2. The molecular formula is C22H26ClN3O2. The van der Waals surface area contributed by atoms with Crippen LogP contribution in [-0.4, -0.2) is 57.4 Å². The van der Waals surface area contributed by atoms with Crippen LogP contribution in [0.15, 0.2) is 36.4 Å². The second kappa shape index (κ2) is 7.72. The zero-order valence-electron chi connectivity index (χ0n) is 16.0. The van der Waals surface area contributed by atoms with Gasteiger partial charge >= 0.3 is 0 Å². The molecule has 3 heterocycles. The van der Waals surface area contributed by atoms with Crippen molar-refractivity contribution < 1.29 is 9.47 Å². The molecule has 5 rings (SSSR count). The number of piperazine rings is 1. The van der Waals surface area contributed by atoms with Crippen LogP contribution in [0.4, 0.5) is 11.4 Å². The van der Waals surface area contributed by atoms with E-state index in [1.807, 2.05) is 18.2 Å². The van der Waals surface area contributed by atoms with Crippen LogP contribution in [0.1, 0.15) is 17.9 Å². The van der Waals surface area contributed by atoms with Gasteiger partial charge in [0.2, 0.25) is 0 Å². The van der Waals surface area contributed by atoms with Gasteiger partial charge in [0.25, 0.3) is 0 Å². The van der Waals surface area contributed by atoms with Crippen LogP contribution in [0.2, 0.25) is 5.02 Å². The first-order chi connectivity index (χ1) is 13.8. The summed E-state index contributed by atoms with van der Waals surface area (Å²) in [5.74, 6) is 2.37. The molecule has 28 heavy (non-hydrogen) atoms. The fraction of sp³-hybridized carbons (Fsp3) is 0.455. The predicted octanol–water partition coefficient (Wildman–Crippen LogP) is 3.83. The van der Waals surface area contributed by atoms with Gasteiger partial charge < -0.3 is 19.7 Å². The molecule has 1 N–H and O–H groups in total. The lowest BCUT2D eigenvalue weighted by Crippen LogP contribution is -2.47. The number of benzene rings is 2. The quantitative estimate of drug-likeness (QED) is 0.845. The van der Waals surface area contributed by atoms with Crippen LogP contribution >= 0.6 is 11.6 Å². The van der Waals surface area contributed by atoms with E-state index in [9.17, 15) is 0 Å². The van der Waals surface area contributed by atoms with Gasteiger partial charge in [0, 0.05) is 49.4 Å². The van der Waals surface area contributed by atoms with E-state index in [1.165, 1.54) is 23.4 Å². The number of nitrogens with one attached hydrogen (secondary N) is 1. The molecule has 0 aliphatic carbocycles. The van der Waals surface area contributed by atoms with E-state index < -0.39 is 0 Å². The maximum Gasteiger partial charge on any atom is 0.184 e. The molecule has 1 fully saturated rings. The molecular weight excluding hydrogens is 374 g/mol. The molecule has 0 bridgehead atoms. The topological polar surface area (TPSA) is 37.0 Å². The van der Waals surface area contributed by atoms with E-state index >= 15 is 0 Å². The maximum atomic E-state index is 6.11. The molecule has 1 atom stereocenters. The van der Waals surface area contributed by atoms with E-state index in [0.717, 1.165) is 55.8 Å². The van der Waals surface area contributed by atoms with E-state index in [1.54, 1.807) is 0 Å². The zero-order valence-corrected chi connectivity index (χ0v) is 16.8. The van der Waals surface area contributed by atoms with Gasteiger partial charge in [0.15, 0.2) is 11.5 Å². The van der Waals surface area contributed by atoms with Crippen LogP contribution in [0.3, 0.4) is 0 Å². The third-order valence-electron chi connectivity index (χ3n) is 6.05. The number of para-hydroxylation sites is 1. The van der Waals surface area contributed by atoms with Crippen molar-refractivity contribution in [1.82, 2.24) is 4.90 Å². The van der Waals surface area contributed by atoms with E-state index in [-0.39, 0.29) is 0 Å². The van der Waals surface area contributed by atoms with E-state index in [2.05, 4.69) is 33.3 Å². The SMILES string of the molecule is Clc1ccc2c(c1)NCC2CCN1CCN(c2cccc3c2OCCO3)CC1. The molecule has 5 nitrogen and oxygen atoms in total. The van der Waals surface area contributed by atoms with Gasteiger partial charge in [-0.25, -0.2) is 0 Å². The highest BCUT2D eigenvalue weighted by Crippen LogP contribution is 2.40. The molecule has 2 aromatic carbocycles. The Kier molecular flexibility index (Phi) is 4.95. The number of halogens is 1. The van der Waals surface area contributed by atoms with Gasteiger partial charge in [-0.1, -0.05) is 23.7 Å². The minimum absolute atomic E-state index is 0.581. The molecule has 3 aliphatic rings. The fourth-order valence-electron chi connectivity index (χ4n) is 4.50. The van der Waals surface area contributed by atoms with Crippen molar-refractivity contribution >= 4 is 23.0 Å². The Morgan fingerprint density at radius 2 is 1.89 bits per heavy atom. The smallest absolute Gasteiger partial charge is 0.184 e. The van der Waals surface area contributed by atoms with Crippen LogP contribution in [0, 0.1) is 0 Å². The van der Waals surface area contributed by atoms with Gasteiger partial charge in [0.05, 0.1) is 5.69 Å². The van der Waals surface area contributed by atoms with Gasteiger partial charge in [-0.15, -0.1) is 0 Å². The molecule has 2 aromatic rings. The number of hydrogen-bond acceptors (Lipinski definition) is 5. The predicted molar refractivity (Wildman–Crippen MR) is 113 cm³/mol. The van der Waals surface area contributed by atoms with E-state index in [4.69, 9.17) is 21.1 Å². The summed E-state index contributed by atoms with van der Waals surface area (Å²) in [6.45, 7) is 7.62. The lowest BCUT2D eigenvalue weighted by molar-refractivity contribution is 0.171. The Bertz CT molecular complexity index is 852. The molecule has 0 aromatic heterocycles. The largest absolute Gasteiger partial charge is 0.486 e. The van der Waals surface area contributed by atoms with Crippen molar-refractivity contribution in [1.29, 1.82) is 0 Å². The van der Waals surface area contributed by atoms with Crippen molar-refractivity contribution in [2.24, 2.45) is 0 Å². The highest BCUT2D eigenvalue weighted by molar-refractivity contribution is 6.30. The second-order valence-electron chi connectivity index (χ2n) is 7.73. The summed E-state index contributed by atoms with van der Waals surface area (Å²) in [7, 11) is 0. The Morgan fingerprint density at radius 3 is 2.79 bits per heavy atom. The lowest BCUT2D eigenvalue weighted by Gasteiger charge is -2.37. The van der Waals surface area contributed by atoms with Crippen LogP contribution in [0.5, 0.6) is 11.5 Å².